The van der Waals surface area contributed by atoms with Gasteiger partial charge in [-0.05, 0) is 0 Å². The molecule has 0 radical (unpaired) electrons. The molecule has 0 aliphatic heterocycles. The van der Waals surface area contributed by atoms with Crippen molar-refractivity contribution in [2.24, 2.45) is 0 Å². The zero-order valence-electron chi connectivity index (χ0n) is 9.00. The highest BCUT2D eigenvalue weighted by atomic mass is 16.6. The first-order valence-corrected chi connectivity index (χ1v) is 4.93. The van der Waals surface area contributed by atoms with Crippen molar-refractivity contribution in [3.63, 3.8) is 0 Å². The maximum Gasteiger partial charge on any atom is 0.0977 e. The molecule has 0 atom stereocenters. The number of hydrogen-bond donors (Lipinski definition) is 1. The molecule has 0 aromatic rings. The van der Waals surface area contributed by atoms with E-state index in [1.54, 1.807) is 7.11 Å². The van der Waals surface area contributed by atoms with E-state index in [9.17, 15) is 0 Å². The topological polar surface area (TPSA) is 64.6 Å². The summed E-state index contributed by atoms with van der Waals surface area (Å²) < 4.78 is 20.5. The summed E-state index contributed by atoms with van der Waals surface area (Å²) in [5.74, 6) is 0. The predicted octanol–water partition coefficient (Wildman–Crippen LogP) is -1.08. The molecule has 5 heteroatoms. The Balaban J connectivity index is 2.78. The third kappa shape index (κ3) is 11.8. The summed E-state index contributed by atoms with van der Waals surface area (Å²) in [5, 5.41) is 0. The Morgan fingerprint density at radius 1 is 0.714 bits per heavy atom. The third-order valence-corrected chi connectivity index (χ3v) is 1.46. The Morgan fingerprint density at radius 2 is 1.14 bits per heavy atom. The van der Waals surface area contributed by atoms with Crippen molar-refractivity contribution in [3.8, 4) is 0 Å². The second-order valence-electron chi connectivity index (χ2n) is 2.68. The highest BCUT2D eigenvalue weighted by Gasteiger charge is 1.90. The molecule has 0 aliphatic carbocycles. The fourth-order valence-corrected chi connectivity index (χ4v) is 0.786. The SMILES string of the molecule is COCCOCCOCCOCC[NH3+]. The van der Waals surface area contributed by atoms with Gasteiger partial charge < -0.3 is 24.7 Å². The minimum Gasteiger partial charge on any atom is -0.382 e. The largest absolute Gasteiger partial charge is 0.382 e. The minimum atomic E-state index is 0.609. The fraction of sp³-hybridized carbons (Fsp3) is 1.00. The van der Waals surface area contributed by atoms with Crippen molar-refractivity contribution < 1.29 is 24.7 Å². The summed E-state index contributed by atoms with van der Waals surface area (Å²) >= 11 is 0. The van der Waals surface area contributed by atoms with Crippen LogP contribution >= 0.6 is 0 Å². The predicted molar refractivity (Wildman–Crippen MR) is 52.1 cm³/mol. The number of rotatable bonds is 11. The van der Waals surface area contributed by atoms with Gasteiger partial charge in [-0.1, -0.05) is 0 Å². The normalized spacial score (nSPS) is 10.7. The van der Waals surface area contributed by atoms with E-state index in [1.165, 1.54) is 0 Å². The van der Waals surface area contributed by atoms with Crippen LogP contribution in [-0.4, -0.2) is 59.9 Å². The molecule has 86 valence electrons. The number of methoxy groups -OCH3 is 1. The molecule has 0 fully saturated rings. The van der Waals surface area contributed by atoms with Gasteiger partial charge in [0, 0.05) is 7.11 Å². The van der Waals surface area contributed by atoms with Gasteiger partial charge in [-0.15, -0.1) is 0 Å². The zero-order chi connectivity index (χ0) is 10.5. The Hall–Kier alpha value is -0.200. The third-order valence-electron chi connectivity index (χ3n) is 1.46. The zero-order valence-corrected chi connectivity index (χ0v) is 9.00. The average Bonchev–Trinajstić information content (AvgIpc) is 2.21. The molecule has 0 heterocycles. The summed E-state index contributed by atoms with van der Waals surface area (Å²) in [5.41, 5.74) is 3.66. The second kappa shape index (κ2) is 12.8. The van der Waals surface area contributed by atoms with Crippen LogP contribution in [0.2, 0.25) is 0 Å². The van der Waals surface area contributed by atoms with Gasteiger partial charge in [0.15, 0.2) is 0 Å². The Morgan fingerprint density at radius 3 is 1.57 bits per heavy atom. The molecule has 14 heavy (non-hydrogen) atoms. The lowest BCUT2D eigenvalue weighted by atomic mass is 10.7. The van der Waals surface area contributed by atoms with Crippen molar-refractivity contribution in [2.45, 2.75) is 0 Å². The molecule has 0 spiro atoms. The van der Waals surface area contributed by atoms with E-state index in [1.807, 2.05) is 0 Å². The van der Waals surface area contributed by atoms with E-state index in [-0.39, 0.29) is 0 Å². The molecular formula is C9H22NO4+. The Labute approximate surface area is 85.5 Å². The van der Waals surface area contributed by atoms with Gasteiger partial charge in [0.1, 0.15) is 0 Å². The van der Waals surface area contributed by atoms with Crippen LogP contribution in [0, 0.1) is 0 Å². The van der Waals surface area contributed by atoms with Crippen molar-refractivity contribution in [1.29, 1.82) is 0 Å². The van der Waals surface area contributed by atoms with Crippen molar-refractivity contribution in [3.05, 3.63) is 0 Å². The Bertz CT molecular complexity index is 90.8. The molecule has 0 unspecified atom stereocenters. The molecule has 0 aromatic carbocycles. The minimum absolute atomic E-state index is 0.609. The van der Waals surface area contributed by atoms with E-state index in [4.69, 9.17) is 18.9 Å². The van der Waals surface area contributed by atoms with Crippen molar-refractivity contribution >= 4 is 0 Å². The summed E-state index contributed by atoms with van der Waals surface area (Å²) in [7, 11) is 1.65. The van der Waals surface area contributed by atoms with Gasteiger partial charge in [0.25, 0.3) is 0 Å². The standard InChI is InChI=1S/C9H21NO4/c1-11-4-5-13-8-9-14-7-6-12-3-2-10/h2-10H2,1H3/p+1. The number of hydrogen-bond acceptors (Lipinski definition) is 4. The van der Waals surface area contributed by atoms with Crippen molar-refractivity contribution in [1.82, 2.24) is 0 Å². The van der Waals surface area contributed by atoms with E-state index in [0.29, 0.717) is 46.2 Å². The Kier molecular flexibility index (Phi) is 12.6. The van der Waals surface area contributed by atoms with Crippen LogP contribution in [0.4, 0.5) is 0 Å². The molecule has 3 N–H and O–H groups in total. The number of ether oxygens (including phenoxy) is 4. The summed E-state index contributed by atoms with van der Waals surface area (Å²) in [4.78, 5) is 0. The molecule has 0 aromatic heterocycles. The maximum absolute atomic E-state index is 5.25. The van der Waals surface area contributed by atoms with Gasteiger partial charge in [-0.3, -0.25) is 0 Å². The smallest absolute Gasteiger partial charge is 0.0977 e. The highest BCUT2D eigenvalue weighted by molar-refractivity contribution is 4.33. The molecule has 0 rings (SSSR count). The number of quaternary nitrogens is 1. The lowest BCUT2D eigenvalue weighted by Crippen LogP contribution is -2.52. The van der Waals surface area contributed by atoms with Gasteiger partial charge in [0.2, 0.25) is 0 Å². The van der Waals surface area contributed by atoms with Gasteiger partial charge in [-0.2, -0.15) is 0 Å². The van der Waals surface area contributed by atoms with E-state index < -0.39 is 0 Å². The highest BCUT2D eigenvalue weighted by Crippen LogP contribution is 1.80. The van der Waals surface area contributed by atoms with Crippen LogP contribution in [0.1, 0.15) is 0 Å². The molecule has 0 amide bonds. The first-order valence-electron chi connectivity index (χ1n) is 4.93. The lowest BCUT2D eigenvalue weighted by molar-refractivity contribution is -0.374. The van der Waals surface area contributed by atoms with Crippen molar-refractivity contribution in [2.75, 3.05) is 59.9 Å². The fourth-order valence-electron chi connectivity index (χ4n) is 0.786. The van der Waals surface area contributed by atoms with E-state index in [0.717, 1.165) is 6.54 Å². The van der Waals surface area contributed by atoms with E-state index in [2.05, 4.69) is 5.73 Å². The summed E-state index contributed by atoms with van der Waals surface area (Å²) in [6, 6.07) is 0. The average molecular weight is 208 g/mol. The van der Waals surface area contributed by atoms with Crippen LogP contribution in [-0.2, 0) is 18.9 Å². The van der Waals surface area contributed by atoms with Crippen LogP contribution < -0.4 is 5.73 Å². The molecule has 0 bridgehead atoms. The molecule has 0 saturated carbocycles. The monoisotopic (exact) mass is 208 g/mol. The lowest BCUT2D eigenvalue weighted by Gasteiger charge is -2.05. The van der Waals surface area contributed by atoms with Crippen LogP contribution in [0.15, 0.2) is 0 Å². The maximum atomic E-state index is 5.25. The van der Waals surface area contributed by atoms with Gasteiger partial charge in [0.05, 0.1) is 52.8 Å². The van der Waals surface area contributed by atoms with Gasteiger partial charge >= 0.3 is 0 Å². The molecule has 0 saturated heterocycles. The molecule has 0 aliphatic rings. The van der Waals surface area contributed by atoms with E-state index >= 15 is 0 Å². The summed E-state index contributed by atoms with van der Waals surface area (Å²) in [6.07, 6.45) is 0. The van der Waals surface area contributed by atoms with Crippen LogP contribution in [0.25, 0.3) is 0 Å². The first kappa shape index (κ1) is 13.8. The van der Waals surface area contributed by atoms with Crippen LogP contribution in [0.3, 0.4) is 0 Å². The summed E-state index contributed by atoms with van der Waals surface area (Å²) in [6.45, 7) is 5.23. The van der Waals surface area contributed by atoms with Gasteiger partial charge in [-0.25, -0.2) is 0 Å². The molecule has 5 nitrogen and oxygen atoms in total. The second-order valence-corrected chi connectivity index (χ2v) is 2.68. The van der Waals surface area contributed by atoms with Crippen LogP contribution in [0.5, 0.6) is 0 Å². The first-order chi connectivity index (χ1) is 6.91. The molecular weight excluding hydrogens is 186 g/mol. The quantitative estimate of drug-likeness (QED) is 0.439.